The first kappa shape index (κ1) is 26.3. The standard InChI is InChI=1S/C21H19F2N2S2.C2H6O4S/c1-3-24-16-12-14(22)8-10-18(16)26-20(24)6-5-7-21-25(4-2)17-13-15(23)9-11-19(17)27-21;1-2-6-7(3,4)5/h5-13H,3-4H2,1-2H3;2H2,1H3,(H,3,4,5)/q+1;/p-1. The van der Waals surface area contributed by atoms with Crippen LogP contribution in [0.4, 0.5) is 14.5 Å². The molecule has 0 saturated heterocycles. The van der Waals surface area contributed by atoms with Crippen LogP contribution in [-0.4, -0.2) is 26.1 Å². The molecule has 4 rings (SSSR count). The number of hydrogen-bond donors (Lipinski definition) is 0. The number of aryl methyl sites for hydroxylation is 1. The summed E-state index contributed by atoms with van der Waals surface area (Å²) < 4.78 is 62.4. The van der Waals surface area contributed by atoms with Gasteiger partial charge in [-0.05, 0) is 57.2 Å². The Hall–Kier alpha value is -2.31. The Labute approximate surface area is 206 Å². The van der Waals surface area contributed by atoms with Crippen LogP contribution in [0.5, 0.6) is 0 Å². The third-order valence-corrected chi connectivity index (χ3v) is 7.54. The van der Waals surface area contributed by atoms with E-state index in [0.29, 0.717) is 0 Å². The maximum atomic E-state index is 13.6. The number of rotatable bonds is 6. The molecule has 0 atom stereocenters. The number of thioether (sulfide) groups is 1. The van der Waals surface area contributed by atoms with Crippen molar-refractivity contribution in [2.24, 2.45) is 0 Å². The van der Waals surface area contributed by atoms with Crippen LogP contribution in [-0.2, 0) is 21.1 Å². The Morgan fingerprint density at radius 1 is 1.12 bits per heavy atom. The van der Waals surface area contributed by atoms with E-state index in [1.165, 1.54) is 19.1 Å². The minimum absolute atomic E-state index is 0.0914. The van der Waals surface area contributed by atoms with Crippen LogP contribution >= 0.6 is 23.1 Å². The molecule has 0 unspecified atom stereocenters. The van der Waals surface area contributed by atoms with E-state index < -0.39 is 10.4 Å². The fourth-order valence-corrected chi connectivity index (χ4v) is 5.93. The largest absolute Gasteiger partial charge is 0.726 e. The Balaban J connectivity index is 0.000000406. The van der Waals surface area contributed by atoms with E-state index in [-0.39, 0.29) is 18.2 Å². The van der Waals surface area contributed by atoms with Crippen molar-refractivity contribution in [2.75, 3.05) is 18.1 Å². The third kappa shape index (κ3) is 6.42. The molecule has 0 radical (unpaired) electrons. The molecular weight excluding hydrogens is 502 g/mol. The van der Waals surface area contributed by atoms with Gasteiger partial charge in [-0.25, -0.2) is 17.2 Å². The number of benzene rings is 2. The summed E-state index contributed by atoms with van der Waals surface area (Å²) >= 11 is 3.29. The third-order valence-electron chi connectivity index (χ3n) is 4.76. The van der Waals surface area contributed by atoms with Crippen molar-refractivity contribution in [3.05, 3.63) is 70.2 Å². The summed E-state index contributed by atoms with van der Waals surface area (Å²) in [4.78, 5) is 3.18. The Morgan fingerprint density at radius 3 is 2.44 bits per heavy atom. The molecule has 6 nitrogen and oxygen atoms in total. The second-order valence-electron chi connectivity index (χ2n) is 6.93. The summed E-state index contributed by atoms with van der Waals surface area (Å²) in [5.74, 6) is -0.433. The predicted molar refractivity (Wildman–Crippen MR) is 131 cm³/mol. The molecule has 0 N–H and O–H groups in total. The van der Waals surface area contributed by atoms with Gasteiger partial charge in [-0.3, -0.25) is 4.18 Å². The van der Waals surface area contributed by atoms with Gasteiger partial charge < -0.3 is 9.45 Å². The highest BCUT2D eigenvalue weighted by molar-refractivity contribution is 8.03. The van der Waals surface area contributed by atoms with Crippen molar-refractivity contribution >= 4 is 55.5 Å². The molecule has 0 bridgehead atoms. The van der Waals surface area contributed by atoms with E-state index in [0.717, 1.165) is 43.9 Å². The van der Waals surface area contributed by atoms with Gasteiger partial charge in [0.05, 0.1) is 17.3 Å². The minimum atomic E-state index is -4.42. The lowest BCUT2D eigenvalue weighted by Crippen LogP contribution is -2.33. The maximum absolute atomic E-state index is 13.6. The van der Waals surface area contributed by atoms with E-state index in [4.69, 9.17) is 0 Å². The molecule has 0 spiro atoms. The van der Waals surface area contributed by atoms with Crippen molar-refractivity contribution < 1.29 is 30.5 Å². The number of thiazole rings is 1. The van der Waals surface area contributed by atoms with Crippen LogP contribution in [0.2, 0.25) is 0 Å². The van der Waals surface area contributed by atoms with Crippen molar-refractivity contribution in [3.63, 3.8) is 0 Å². The maximum Gasteiger partial charge on any atom is 0.262 e. The minimum Gasteiger partial charge on any atom is -0.726 e. The fraction of sp³-hybridized carbons (Fsp3) is 0.261. The van der Waals surface area contributed by atoms with Gasteiger partial charge in [-0.15, -0.1) is 0 Å². The molecular formula is C23H24F2N2O4S3. The van der Waals surface area contributed by atoms with E-state index in [2.05, 4.69) is 39.6 Å². The van der Waals surface area contributed by atoms with Gasteiger partial charge in [0, 0.05) is 23.6 Å². The molecule has 1 aromatic heterocycles. The summed E-state index contributed by atoms with van der Waals surface area (Å²) in [6.45, 7) is 7.01. The number of nitrogens with zero attached hydrogens (tertiary/aromatic N) is 2. The van der Waals surface area contributed by atoms with Gasteiger partial charge in [-0.1, -0.05) is 29.2 Å². The molecule has 182 valence electrons. The smallest absolute Gasteiger partial charge is 0.262 e. The second-order valence-corrected chi connectivity index (χ2v) is 10.1. The summed E-state index contributed by atoms with van der Waals surface area (Å²) in [7, 11) is -4.42. The Bertz CT molecular complexity index is 1340. The summed E-state index contributed by atoms with van der Waals surface area (Å²) in [6, 6.07) is 9.82. The molecule has 1 aliphatic heterocycles. The summed E-state index contributed by atoms with van der Waals surface area (Å²) in [5, 5.41) is 2.15. The first-order valence-electron chi connectivity index (χ1n) is 10.5. The van der Waals surface area contributed by atoms with Crippen molar-refractivity contribution in [1.82, 2.24) is 0 Å². The molecule has 2 aromatic carbocycles. The Kier molecular flexibility index (Phi) is 8.83. The van der Waals surface area contributed by atoms with Gasteiger partial charge >= 0.3 is 0 Å². The Morgan fingerprint density at radius 2 is 1.82 bits per heavy atom. The molecule has 0 fully saturated rings. The van der Waals surface area contributed by atoms with E-state index in [1.54, 1.807) is 35.2 Å². The molecule has 11 heteroatoms. The molecule has 3 aromatic rings. The molecule has 34 heavy (non-hydrogen) atoms. The average Bonchev–Trinajstić information content (AvgIpc) is 3.29. The lowest BCUT2D eigenvalue weighted by molar-refractivity contribution is -0.665. The van der Waals surface area contributed by atoms with Crippen LogP contribution < -0.4 is 9.47 Å². The highest BCUT2D eigenvalue weighted by atomic mass is 32.3. The van der Waals surface area contributed by atoms with Crippen molar-refractivity contribution in [2.45, 2.75) is 32.2 Å². The van der Waals surface area contributed by atoms with E-state index in [1.807, 2.05) is 18.2 Å². The molecule has 0 saturated carbocycles. The van der Waals surface area contributed by atoms with Gasteiger partial charge in [0.2, 0.25) is 15.9 Å². The lowest BCUT2D eigenvalue weighted by atomic mass is 10.3. The number of fused-ring (bicyclic) bond motifs is 2. The predicted octanol–water partition coefficient (Wildman–Crippen LogP) is 5.46. The van der Waals surface area contributed by atoms with Gasteiger partial charge in [-0.2, -0.15) is 4.57 Å². The number of aromatic nitrogens is 1. The SMILES string of the molecule is CCN1/C(=C/C=C/c2sc3ccc(F)cc3[n+]2CC)Sc2ccc(F)cc21.CCOS(=O)(=O)[O-]. The number of halogens is 2. The number of allylic oxidation sites excluding steroid dienone is 2. The van der Waals surface area contributed by atoms with Crippen LogP contribution in [0.3, 0.4) is 0 Å². The number of hydrogen-bond acceptors (Lipinski definition) is 7. The zero-order valence-corrected chi connectivity index (χ0v) is 21.3. The first-order chi connectivity index (χ1) is 16.2. The molecule has 2 heterocycles. The van der Waals surface area contributed by atoms with Gasteiger partial charge in [0.1, 0.15) is 22.9 Å². The van der Waals surface area contributed by atoms with Gasteiger partial charge in [0.15, 0.2) is 0 Å². The topological polar surface area (TPSA) is 73.5 Å². The lowest BCUT2D eigenvalue weighted by Gasteiger charge is -2.17. The van der Waals surface area contributed by atoms with E-state index >= 15 is 0 Å². The molecule has 0 amide bonds. The zero-order chi connectivity index (χ0) is 24.9. The van der Waals surface area contributed by atoms with Crippen molar-refractivity contribution in [1.29, 1.82) is 0 Å². The van der Waals surface area contributed by atoms with Crippen molar-refractivity contribution in [3.8, 4) is 0 Å². The zero-order valence-electron chi connectivity index (χ0n) is 18.8. The normalized spacial score (nSPS) is 14.6. The van der Waals surface area contributed by atoms with Crippen LogP contribution in [0.15, 0.2) is 58.5 Å². The molecule has 0 aliphatic carbocycles. The van der Waals surface area contributed by atoms with Crippen LogP contribution in [0.25, 0.3) is 16.3 Å². The highest BCUT2D eigenvalue weighted by Gasteiger charge is 2.24. The van der Waals surface area contributed by atoms with Gasteiger partial charge in [0.25, 0.3) is 5.01 Å². The first-order valence-corrected chi connectivity index (χ1v) is 13.5. The number of anilines is 1. The fourth-order valence-electron chi connectivity index (χ4n) is 3.41. The molecule has 1 aliphatic rings. The second kappa shape index (κ2) is 11.4. The average molecular weight is 527 g/mol. The highest BCUT2D eigenvalue weighted by Crippen LogP contribution is 2.46. The summed E-state index contributed by atoms with van der Waals surface area (Å²) in [6.07, 6.45) is 6.12. The quantitative estimate of drug-likeness (QED) is 0.241. The summed E-state index contributed by atoms with van der Waals surface area (Å²) in [5.41, 5.74) is 1.84. The monoisotopic (exact) mass is 526 g/mol. The van der Waals surface area contributed by atoms with E-state index in [9.17, 15) is 21.8 Å². The van der Waals surface area contributed by atoms with Crippen LogP contribution in [0, 0.1) is 11.6 Å². The van der Waals surface area contributed by atoms with Crippen LogP contribution in [0.1, 0.15) is 25.8 Å².